The molecule has 0 saturated carbocycles. The first-order valence-electron chi connectivity index (χ1n) is 10.0. The second-order valence-electron chi connectivity index (χ2n) is 7.41. The molecule has 0 atom stereocenters. The molecular weight excluding hydrogens is 417 g/mol. The van der Waals surface area contributed by atoms with Crippen LogP contribution < -0.4 is 15.0 Å². The lowest BCUT2D eigenvalue weighted by Crippen LogP contribution is -2.44. The van der Waals surface area contributed by atoms with Gasteiger partial charge in [-0.3, -0.25) is 4.79 Å². The Kier molecular flexibility index (Phi) is 6.43. The highest BCUT2D eigenvalue weighted by atomic mass is 32.1. The van der Waals surface area contributed by atoms with E-state index in [-0.39, 0.29) is 18.3 Å². The third-order valence-corrected chi connectivity index (χ3v) is 6.19. The number of rotatable bonds is 6. The van der Waals surface area contributed by atoms with E-state index in [4.69, 9.17) is 4.74 Å². The number of halogens is 1. The number of piperazine rings is 1. The third kappa shape index (κ3) is 5.36. The summed E-state index contributed by atoms with van der Waals surface area (Å²) in [5.74, 6) is 0.923. The SMILES string of the molecule is Cc1nc(COc2ccc(F)cc2)sc1C(=O)Nc1ccc(N2CCN(C)CC2)nc1. The molecule has 1 aliphatic heterocycles. The molecule has 0 aliphatic carbocycles. The molecule has 4 rings (SSSR count). The number of aromatic nitrogens is 2. The summed E-state index contributed by atoms with van der Waals surface area (Å²) in [5, 5.41) is 3.57. The zero-order valence-electron chi connectivity index (χ0n) is 17.5. The Morgan fingerprint density at radius 2 is 1.90 bits per heavy atom. The number of anilines is 2. The maximum absolute atomic E-state index is 13.0. The maximum Gasteiger partial charge on any atom is 0.267 e. The Hall–Kier alpha value is -3.04. The van der Waals surface area contributed by atoms with Gasteiger partial charge in [0.1, 0.15) is 33.9 Å². The second-order valence-corrected chi connectivity index (χ2v) is 8.50. The van der Waals surface area contributed by atoms with Crippen LogP contribution >= 0.6 is 11.3 Å². The van der Waals surface area contributed by atoms with E-state index in [9.17, 15) is 9.18 Å². The molecule has 7 nitrogen and oxygen atoms in total. The van der Waals surface area contributed by atoms with Crippen LogP contribution in [0, 0.1) is 12.7 Å². The molecule has 1 saturated heterocycles. The number of hydrogen-bond donors (Lipinski definition) is 1. The van der Waals surface area contributed by atoms with Gasteiger partial charge < -0.3 is 19.9 Å². The first kappa shape index (κ1) is 21.2. The number of benzene rings is 1. The zero-order chi connectivity index (χ0) is 21.8. The summed E-state index contributed by atoms with van der Waals surface area (Å²) in [4.78, 5) is 26.7. The quantitative estimate of drug-likeness (QED) is 0.631. The van der Waals surface area contributed by atoms with E-state index in [0.29, 0.717) is 27.0 Å². The summed E-state index contributed by atoms with van der Waals surface area (Å²) >= 11 is 1.28. The molecule has 0 radical (unpaired) electrons. The first-order chi connectivity index (χ1) is 15.0. The van der Waals surface area contributed by atoms with Gasteiger partial charge in [-0.1, -0.05) is 0 Å². The second kappa shape index (κ2) is 9.40. The van der Waals surface area contributed by atoms with Gasteiger partial charge in [0, 0.05) is 26.2 Å². The van der Waals surface area contributed by atoms with Crippen LogP contribution in [0.5, 0.6) is 5.75 Å². The molecule has 3 aromatic rings. The summed E-state index contributed by atoms with van der Waals surface area (Å²) in [6.45, 7) is 5.92. The van der Waals surface area contributed by atoms with Gasteiger partial charge in [-0.15, -0.1) is 11.3 Å². The average molecular weight is 442 g/mol. The number of likely N-dealkylation sites (N-methyl/N-ethyl adjacent to an activating group) is 1. The highest BCUT2D eigenvalue weighted by molar-refractivity contribution is 7.13. The van der Waals surface area contributed by atoms with Gasteiger partial charge in [0.15, 0.2) is 0 Å². The van der Waals surface area contributed by atoms with E-state index in [2.05, 4.69) is 32.1 Å². The van der Waals surface area contributed by atoms with Crippen molar-refractivity contribution in [2.24, 2.45) is 0 Å². The number of amides is 1. The number of carbonyl (C=O) groups excluding carboxylic acids is 1. The van der Waals surface area contributed by atoms with Crippen LogP contribution in [-0.2, 0) is 6.61 Å². The fourth-order valence-corrected chi connectivity index (χ4v) is 4.14. The van der Waals surface area contributed by atoms with Crippen LogP contribution in [0.4, 0.5) is 15.9 Å². The lowest BCUT2D eigenvalue weighted by molar-refractivity contribution is 0.102. The summed E-state index contributed by atoms with van der Waals surface area (Å²) < 4.78 is 18.6. The molecule has 3 heterocycles. The van der Waals surface area contributed by atoms with Crippen LogP contribution in [0.25, 0.3) is 0 Å². The van der Waals surface area contributed by atoms with Crippen molar-refractivity contribution in [1.82, 2.24) is 14.9 Å². The van der Waals surface area contributed by atoms with Crippen molar-refractivity contribution in [3.63, 3.8) is 0 Å². The first-order valence-corrected chi connectivity index (χ1v) is 10.8. The van der Waals surface area contributed by atoms with Crippen molar-refractivity contribution in [2.75, 3.05) is 43.4 Å². The number of nitrogens with one attached hydrogen (secondary N) is 1. The minimum absolute atomic E-state index is 0.214. The van der Waals surface area contributed by atoms with Crippen molar-refractivity contribution in [2.45, 2.75) is 13.5 Å². The van der Waals surface area contributed by atoms with Gasteiger partial charge in [-0.25, -0.2) is 14.4 Å². The van der Waals surface area contributed by atoms with Crippen molar-refractivity contribution < 1.29 is 13.9 Å². The molecule has 31 heavy (non-hydrogen) atoms. The summed E-state index contributed by atoms with van der Waals surface area (Å²) in [6, 6.07) is 9.59. The Morgan fingerprint density at radius 3 is 2.58 bits per heavy atom. The lowest BCUT2D eigenvalue weighted by Gasteiger charge is -2.33. The summed E-state index contributed by atoms with van der Waals surface area (Å²) in [6.07, 6.45) is 1.68. The molecular formula is C22H24FN5O2S. The van der Waals surface area contributed by atoms with Crippen molar-refractivity contribution in [3.05, 3.63) is 64.0 Å². The normalized spacial score (nSPS) is 14.5. The molecule has 2 aromatic heterocycles. The fraction of sp³-hybridized carbons (Fsp3) is 0.318. The lowest BCUT2D eigenvalue weighted by atomic mass is 10.3. The number of aryl methyl sites for hydroxylation is 1. The van der Waals surface area contributed by atoms with E-state index in [0.717, 1.165) is 32.0 Å². The number of hydrogen-bond acceptors (Lipinski definition) is 7. The van der Waals surface area contributed by atoms with Gasteiger partial charge in [-0.2, -0.15) is 0 Å². The molecule has 162 valence electrons. The minimum Gasteiger partial charge on any atom is -0.486 e. The number of pyridine rings is 1. The number of thiazole rings is 1. The minimum atomic E-state index is -0.317. The zero-order valence-corrected chi connectivity index (χ0v) is 18.3. The van der Waals surface area contributed by atoms with Crippen LogP contribution in [0.1, 0.15) is 20.4 Å². The number of nitrogens with zero attached hydrogens (tertiary/aromatic N) is 4. The average Bonchev–Trinajstić information content (AvgIpc) is 3.15. The number of ether oxygens (including phenoxy) is 1. The van der Waals surface area contributed by atoms with E-state index in [1.807, 2.05) is 12.1 Å². The van der Waals surface area contributed by atoms with Crippen LogP contribution in [0.3, 0.4) is 0 Å². The van der Waals surface area contributed by atoms with E-state index < -0.39 is 0 Å². The molecule has 1 fully saturated rings. The van der Waals surface area contributed by atoms with Gasteiger partial charge in [-0.05, 0) is 50.4 Å². The Morgan fingerprint density at radius 1 is 1.16 bits per heavy atom. The Bertz CT molecular complexity index is 1030. The smallest absolute Gasteiger partial charge is 0.267 e. The fourth-order valence-electron chi connectivity index (χ4n) is 3.27. The molecule has 1 aromatic carbocycles. The molecule has 1 aliphatic rings. The van der Waals surface area contributed by atoms with Gasteiger partial charge >= 0.3 is 0 Å². The maximum atomic E-state index is 13.0. The van der Waals surface area contributed by atoms with E-state index >= 15 is 0 Å². The van der Waals surface area contributed by atoms with E-state index in [1.54, 1.807) is 25.3 Å². The molecule has 0 unspecified atom stereocenters. The monoisotopic (exact) mass is 441 g/mol. The standard InChI is InChI=1S/C22H24FN5O2S/c1-15-21(31-20(25-15)14-30-18-6-3-16(23)4-7-18)22(29)26-17-5-8-19(24-13-17)28-11-9-27(2)10-12-28/h3-8,13H,9-12,14H2,1-2H3,(H,26,29). The highest BCUT2D eigenvalue weighted by Crippen LogP contribution is 2.22. The molecule has 1 N–H and O–H groups in total. The molecule has 0 spiro atoms. The van der Waals surface area contributed by atoms with Gasteiger partial charge in [0.05, 0.1) is 17.6 Å². The van der Waals surface area contributed by atoms with Crippen molar-refractivity contribution in [1.29, 1.82) is 0 Å². The largest absolute Gasteiger partial charge is 0.486 e. The van der Waals surface area contributed by atoms with Gasteiger partial charge in [0.2, 0.25) is 0 Å². The third-order valence-electron chi connectivity index (χ3n) is 5.06. The van der Waals surface area contributed by atoms with Crippen molar-refractivity contribution >= 4 is 28.7 Å². The summed E-state index contributed by atoms with van der Waals surface area (Å²) in [7, 11) is 2.12. The number of carbonyl (C=O) groups is 1. The molecule has 9 heteroatoms. The topological polar surface area (TPSA) is 70.6 Å². The predicted molar refractivity (Wildman–Crippen MR) is 119 cm³/mol. The Labute approximate surface area is 184 Å². The molecule has 0 bridgehead atoms. The predicted octanol–water partition coefficient (Wildman–Crippen LogP) is 3.57. The van der Waals surface area contributed by atoms with Gasteiger partial charge in [0.25, 0.3) is 5.91 Å². The van der Waals surface area contributed by atoms with Crippen LogP contribution in [0.2, 0.25) is 0 Å². The molecule has 1 amide bonds. The van der Waals surface area contributed by atoms with Crippen LogP contribution in [0.15, 0.2) is 42.6 Å². The van der Waals surface area contributed by atoms with E-state index in [1.165, 1.54) is 23.5 Å². The van der Waals surface area contributed by atoms with Crippen LogP contribution in [-0.4, -0.2) is 54.0 Å². The summed E-state index contributed by atoms with van der Waals surface area (Å²) in [5.41, 5.74) is 1.28. The highest BCUT2D eigenvalue weighted by Gasteiger charge is 2.18. The van der Waals surface area contributed by atoms with Crippen molar-refractivity contribution in [3.8, 4) is 5.75 Å². The Balaban J connectivity index is 1.35.